The van der Waals surface area contributed by atoms with Crippen LogP contribution in [0.4, 0.5) is 16.4 Å². The second-order valence-electron chi connectivity index (χ2n) is 10.6. The van der Waals surface area contributed by atoms with Gasteiger partial charge in [0.1, 0.15) is 17.5 Å². The maximum atomic E-state index is 12.4. The summed E-state index contributed by atoms with van der Waals surface area (Å²) < 4.78 is 11.8. The minimum atomic E-state index is -0.539. The topological polar surface area (TPSA) is 109 Å². The van der Waals surface area contributed by atoms with E-state index in [1.54, 1.807) is 11.1 Å². The molecule has 5 rings (SSSR count). The predicted octanol–water partition coefficient (Wildman–Crippen LogP) is 5.70. The maximum absolute atomic E-state index is 12.4. The van der Waals surface area contributed by atoms with Gasteiger partial charge in [-0.25, -0.2) is 14.8 Å². The number of amides is 1. The molecule has 0 saturated carbocycles. The number of hydrogen-bond acceptors (Lipinski definition) is 7. The Morgan fingerprint density at radius 2 is 1.98 bits per heavy atom. The fourth-order valence-corrected chi connectivity index (χ4v) is 4.49. The van der Waals surface area contributed by atoms with Gasteiger partial charge < -0.3 is 24.7 Å². The van der Waals surface area contributed by atoms with E-state index >= 15 is 0 Å². The van der Waals surface area contributed by atoms with E-state index in [2.05, 4.69) is 27.1 Å². The molecule has 3 heterocycles. The van der Waals surface area contributed by atoms with Crippen LogP contribution in [0.3, 0.4) is 0 Å². The Hall–Kier alpha value is -4.84. The van der Waals surface area contributed by atoms with E-state index < -0.39 is 5.60 Å². The third-order valence-corrected chi connectivity index (χ3v) is 6.36. The van der Waals surface area contributed by atoms with Crippen molar-refractivity contribution in [3.05, 3.63) is 66.5 Å². The SMILES string of the molecule is CC(C)(C)OC(=O)N1CCC(Oc2cc3nc(Nc4cccc(-c5ccc[nH]5)c4)ncc3cc2C#CC=O)CC1. The Kier molecular flexibility index (Phi) is 7.69. The van der Waals surface area contributed by atoms with Crippen molar-refractivity contribution < 1.29 is 19.1 Å². The monoisotopic (exact) mass is 537 g/mol. The summed E-state index contributed by atoms with van der Waals surface area (Å²) in [4.78, 5) is 37.5. The molecule has 0 spiro atoms. The minimum absolute atomic E-state index is 0.122. The van der Waals surface area contributed by atoms with Crippen molar-refractivity contribution in [2.24, 2.45) is 0 Å². The molecule has 1 amide bonds. The Morgan fingerprint density at radius 1 is 1.15 bits per heavy atom. The molecular weight excluding hydrogens is 506 g/mol. The van der Waals surface area contributed by atoms with Crippen LogP contribution in [0, 0.1) is 11.8 Å². The number of anilines is 2. The molecule has 204 valence electrons. The molecule has 2 aromatic heterocycles. The molecule has 2 N–H and O–H groups in total. The summed E-state index contributed by atoms with van der Waals surface area (Å²) in [7, 11) is 0. The average molecular weight is 538 g/mol. The van der Waals surface area contributed by atoms with Gasteiger partial charge in [-0.2, -0.15) is 0 Å². The van der Waals surface area contributed by atoms with Gasteiger partial charge in [0.2, 0.25) is 5.95 Å². The van der Waals surface area contributed by atoms with Crippen LogP contribution >= 0.6 is 0 Å². The summed E-state index contributed by atoms with van der Waals surface area (Å²) in [5.41, 5.74) is 3.64. The number of benzene rings is 2. The second-order valence-corrected chi connectivity index (χ2v) is 10.6. The fraction of sp³-hybridized carbons (Fsp3) is 0.290. The number of fused-ring (bicyclic) bond motifs is 1. The molecule has 40 heavy (non-hydrogen) atoms. The number of ether oxygens (including phenoxy) is 2. The number of piperidine rings is 1. The molecule has 9 nitrogen and oxygen atoms in total. The molecule has 1 fully saturated rings. The Labute approximate surface area is 232 Å². The zero-order valence-corrected chi connectivity index (χ0v) is 22.7. The van der Waals surface area contributed by atoms with Gasteiger partial charge in [-0.3, -0.25) is 4.79 Å². The fourth-order valence-electron chi connectivity index (χ4n) is 4.49. The van der Waals surface area contributed by atoms with Gasteiger partial charge in [-0.05, 0) is 62.6 Å². The van der Waals surface area contributed by atoms with E-state index in [9.17, 15) is 9.59 Å². The molecule has 0 radical (unpaired) electrons. The van der Waals surface area contributed by atoms with Crippen molar-refractivity contribution in [3.8, 4) is 28.8 Å². The van der Waals surface area contributed by atoms with Crippen LogP contribution < -0.4 is 10.1 Å². The van der Waals surface area contributed by atoms with Crippen molar-refractivity contribution in [2.75, 3.05) is 18.4 Å². The molecular formula is C31H31N5O4. The standard InChI is InChI=1S/C31H31N5O4/c1-31(2,3)40-30(38)36-14-11-25(12-15-36)39-28-19-27-23(17-22(28)8-6-16-37)20-33-29(35-27)34-24-9-4-7-21(18-24)26-10-5-13-32-26/h4-5,7,9-10,13,16-20,25,32H,11-12,14-15H2,1-3H3,(H,33,34,35). The lowest BCUT2D eigenvalue weighted by atomic mass is 10.1. The molecule has 0 atom stereocenters. The van der Waals surface area contributed by atoms with Gasteiger partial charge >= 0.3 is 6.09 Å². The summed E-state index contributed by atoms with van der Waals surface area (Å²) in [6.07, 6.45) is 5.01. The second kappa shape index (κ2) is 11.5. The number of aromatic amines is 1. The molecule has 1 aliphatic rings. The zero-order chi connectivity index (χ0) is 28.1. The first-order valence-electron chi connectivity index (χ1n) is 13.2. The highest BCUT2D eigenvalue weighted by Crippen LogP contribution is 2.29. The number of H-pyrrole nitrogens is 1. The normalized spacial score (nSPS) is 13.8. The van der Waals surface area contributed by atoms with E-state index in [4.69, 9.17) is 14.5 Å². The summed E-state index contributed by atoms with van der Waals surface area (Å²) in [6, 6.07) is 15.6. The number of rotatable bonds is 5. The quantitative estimate of drug-likeness (QED) is 0.248. The number of nitrogens with one attached hydrogen (secondary N) is 2. The highest BCUT2D eigenvalue weighted by Gasteiger charge is 2.28. The molecule has 9 heteroatoms. The summed E-state index contributed by atoms with van der Waals surface area (Å²) >= 11 is 0. The molecule has 0 unspecified atom stereocenters. The van der Waals surface area contributed by atoms with E-state index in [-0.39, 0.29) is 12.2 Å². The number of hydrogen-bond donors (Lipinski definition) is 2. The molecule has 1 aliphatic heterocycles. The molecule has 4 aromatic rings. The minimum Gasteiger partial charge on any atom is -0.489 e. The summed E-state index contributed by atoms with van der Waals surface area (Å²) in [5.74, 6) is 6.33. The van der Waals surface area contributed by atoms with E-state index in [0.29, 0.717) is 55.0 Å². The molecule has 1 saturated heterocycles. The van der Waals surface area contributed by atoms with Crippen LogP contribution in [0.5, 0.6) is 5.75 Å². The Bertz CT molecular complexity index is 1570. The number of likely N-dealkylation sites (tertiary alicyclic amines) is 1. The maximum Gasteiger partial charge on any atom is 0.410 e. The van der Waals surface area contributed by atoms with E-state index in [1.165, 1.54) is 0 Å². The molecule has 0 bridgehead atoms. The van der Waals surface area contributed by atoms with Crippen molar-refractivity contribution in [2.45, 2.75) is 45.3 Å². The van der Waals surface area contributed by atoms with Gasteiger partial charge in [0, 0.05) is 61.2 Å². The lowest BCUT2D eigenvalue weighted by molar-refractivity contribution is -0.103. The smallest absolute Gasteiger partial charge is 0.410 e. The lowest BCUT2D eigenvalue weighted by Crippen LogP contribution is -2.44. The number of nitrogens with zero attached hydrogens (tertiary/aromatic N) is 3. The average Bonchev–Trinajstić information content (AvgIpc) is 3.47. The van der Waals surface area contributed by atoms with Gasteiger partial charge in [0.25, 0.3) is 0 Å². The van der Waals surface area contributed by atoms with Gasteiger partial charge in [0.15, 0.2) is 6.29 Å². The predicted molar refractivity (Wildman–Crippen MR) is 153 cm³/mol. The number of aldehydes is 1. The largest absolute Gasteiger partial charge is 0.489 e. The van der Waals surface area contributed by atoms with Crippen LogP contribution in [0.25, 0.3) is 22.2 Å². The first-order valence-corrected chi connectivity index (χ1v) is 13.2. The highest BCUT2D eigenvalue weighted by molar-refractivity contribution is 5.84. The molecule has 2 aromatic carbocycles. The van der Waals surface area contributed by atoms with Crippen LogP contribution in [0.1, 0.15) is 39.2 Å². The number of carbonyl (C=O) groups is 2. The van der Waals surface area contributed by atoms with Crippen molar-refractivity contribution >= 4 is 34.9 Å². The van der Waals surface area contributed by atoms with Crippen LogP contribution in [-0.4, -0.2) is 57.0 Å². The van der Waals surface area contributed by atoms with Crippen LogP contribution in [-0.2, 0) is 9.53 Å². The third-order valence-electron chi connectivity index (χ3n) is 6.36. The van der Waals surface area contributed by atoms with Crippen molar-refractivity contribution in [1.82, 2.24) is 19.9 Å². The number of aromatic nitrogens is 3. The Balaban J connectivity index is 1.34. The third kappa shape index (κ3) is 6.59. The number of carbonyl (C=O) groups excluding carboxylic acids is 2. The van der Waals surface area contributed by atoms with Gasteiger partial charge in [-0.1, -0.05) is 18.1 Å². The van der Waals surface area contributed by atoms with Gasteiger partial charge in [0.05, 0.1) is 11.1 Å². The highest BCUT2D eigenvalue weighted by atomic mass is 16.6. The zero-order valence-electron chi connectivity index (χ0n) is 22.7. The van der Waals surface area contributed by atoms with Crippen LogP contribution in [0.15, 0.2) is 60.9 Å². The summed E-state index contributed by atoms with van der Waals surface area (Å²) in [6.45, 7) is 6.62. The first kappa shape index (κ1) is 26.8. The summed E-state index contributed by atoms with van der Waals surface area (Å²) in [5, 5.41) is 4.05. The van der Waals surface area contributed by atoms with E-state index in [0.717, 1.165) is 22.3 Å². The molecule has 0 aliphatic carbocycles. The lowest BCUT2D eigenvalue weighted by Gasteiger charge is -2.33. The first-order chi connectivity index (χ1) is 19.3. The van der Waals surface area contributed by atoms with E-state index in [1.807, 2.05) is 75.5 Å². The van der Waals surface area contributed by atoms with Crippen molar-refractivity contribution in [3.63, 3.8) is 0 Å². The van der Waals surface area contributed by atoms with Crippen molar-refractivity contribution in [1.29, 1.82) is 0 Å². The van der Waals surface area contributed by atoms with Gasteiger partial charge in [-0.15, -0.1) is 0 Å². The Morgan fingerprint density at radius 3 is 2.70 bits per heavy atom. The van der Waals surface area contributed by atoms with Crippen LogP contribution in [0.2, 0.25) is 0 Å².